The van der Waals surface area contributed by atoms with Gasteiger partial charge in [-0.3, -0.25) is 14.6 Å². The average Bonchev–Trinajstić information content (AvgIpc) is 2.55. The molecule has 128 valence electrons. The summed E-state index contributed by atoms with van der Waals surface area (Å²) >= 11 is 0. The van der Waals surface area contributed by atoms with E-state index in [9.17, 15) is 18.0 Å². The number of fused-ring (bicyclic) bond motifs is 1. The first kappa shape index (κ1) is 16.7. The van der Waals surface area contributed by atoms with Gasteiger partial charge in [-0.15, -0.1) is 0 Å². The molecule has 9 heteroatoms. The van der Waals surface area contributed by atoms with Gasteiger partial charge in [0.25, 0.3) is 10.0 Å². The van der Waals surface area contributed by atoms with Crippen LogP contribution in [0.4, 0.5) is 5.69 Å². The Bertz CT molecular complexity index is 1130. The number of hydrogen-bond donors (Lipinski definition) is 3. The Hall–Kier alpha value is -3.20. The molecule has 25 heavy (non-hydrogen) atoms. The van der Waals surface area contributed by atoms with Crippen LogP contribution in [-0.4, -0.2) is 29.7 Å². The number of aromatic amines is 1. The van der Waals surface area contributed by atoms with Crippen molar-refractivity contribution in [3.63, 3.8) is 0 Å². The van der Waals surface area contributed by atoms with Crippen molar-refractivity contribution >= 4 is 32.6 Å². The van der Waals surface area contributed by atoms with Gasteiger partial charge in [0.15, 0.2) is 0 Å². The van der Waals surface area contributed by atoms with Gasteiger partial charge in [0.1, 0.15) is 0 Å². The van der Waals surface area contributed by atoms with Crippen molar-refractivity contribution in [2.75, 3.05) is 4.72 Å². The van der Waals surface area contributed by atoms with Crippen molar-refractivity contribution in [2.24, 2.45) is 0 Å². The molecule has 0 aliphatic heterocycles. The zero-order valence-corrected chi connectivity index (χ0v) is 13.8. The number of rotatable bonds is 4. The number of carbonyl (C=O) groups is 1. The SMILES string of the molecule is Cc1ccc(S(=O)(=O)Nc2ccc3[nH]nc(C(=O)O)c(=O)c3c2)cc1. The molecule has 0 aliphatic carbocycles. The second-order valence-corrected chi connectivity index (χ2v) is 7.07. The Morgan fingerprint density at radius 1 is 1.16 bits per heavy atom. The zero-order chi connectivity index (χ0) is 18.2. The maximum atomic E-state index is 12.4. The summed E-state index contributed by atoms with van der Waals surface area (Å²) in [4.78, 5) is 23.2. The van der Waals surface area contributed by atoms with Crippen LogP contribution in [0.1, 0.15) is 16.1 Å². The lowest BCUT2D eigenvalue weighted by atomic mass is 10.2. The summed E-state index contributed by atoms with van der Waals surface area (Å²) in [5.41, 5.74) is -0.0945. The summed E-state index contributed by atoms with van der Waals surface area (Å²) in [5, 5.41) is 14.9. The third-order valence-electron chi connectivity index (χ3n) is 3.55. The molecule has 8 nitrogen and oxygen atoms in total. The molecule has 0 bridgehead atoms. The van der Waals surface area contributed by atoms with Gasteiger partial charge in [-0.05, 0) is 37.3 Å². The van der Waals surface area contributed by atoms with E-state index in [1.54, 1.807) is 12.1 Å². The van der Waals surface area contributed by atoms with E-state index in [1.807, 2.05) is 6.92 Å². The van der Waals surface area contributed by atoms with E-state index in [0.717, 1.165) is 5.56 Å². The molecule has 1 aromatic heterocycles. The Balaban J connectivity index is 2.04. The van der Waals surface area contributed by atoms with Crippen LogP contribution in [0.3, 0.4) is 0 Å². The summed E-state index contributed by atoms with van der Waals surface area (Å²) in [7, 11) is -3.83. The van der Waals surface area contributed by atoms with E-state index < -0.39 is 27.1 Å². The Morgan fingerprint density at radius 2 is 1.84 bits per heavy atom. The van der Waals surface area contributed by atoms with E-state index >= 15 is 0 Å². The summed E-state index contributed by atoms with van der Waals surface area (Å²) in [6.45, 7) is 1.84. The fourth-order valence-electron chi connectivity index (χ4n) is 2.26. The predicted octanol–water partition coefficient (Wildman–Crippen LogP) is 1.73. The first-order valence-corrected chi connectivity index (χ1v) is 8.61. The van der Waals surface area contributed by atoms with Gasteiger partial charge in [0.2, 0.25) is 11.1 Å². The van der Waals surface area contributed by atoms with Gasteiger partial charge in [0.05, 0.1) is 15.8 Å². The fourth-order valence-corrected chi connectivity index (χ4v) is 3.31. The first-order chi connectivity index (χ1) is 11.8. The number of carboxylic acids is 1. The van der Waals surface area contributed by atoms with Crippen molar-refractivity contribution in [1.29, 1.82) is 0 Å². The maximum absolute atomic E-state index is 12.4. The molecule has 0 saturated carbocycles. The lowest BCUT2D eigenvalue weighted by molar-refractivity contribution is 0.0688. The molecule has 2 aromatic carbocycles. The second kappa shape index (κ2) is 6.02. The van der Waals surface area contributed by atoms with Crippen molar-refractivity contribution in [3.05, 3.63) is 63.9 Å². The highest BCUT2D eigenvalue weighted by molar-refractivity contribution is 7.92. The quantitative estimate of drug-likeness (QED) is 0.650. The number of nitrogens with one attached hydrogen (secondary N) is 2. The fraction of sp³-hybridized carbons (Fsp3) is 0.0625. The minimum Gasteiger partial charge on any atom is -0.476 e. The Morgan fingerprint density at radius 3 is 2.48 bits per heavy atom. The second-order valence-electron chi connectivity index (χ2n) is 5.39. The molecule has 3 aromatic rings. The molecular formula is C16H13N3O5S. The van der Waals surface area contributed by atoms with Gasteiger partial charge in [0, 0.05) is 5.69 Å². The standard InChI is InChI=1S/C16H13N3O5S/c1-9-2-5-11(6-3-9)25(23,24)19-10-4-7-13-12(8-10)15(20)14(16(21)22)18-17-13/h2-8,19H,1H3,(H,17,20)(H,21,22). The number of benzene rings is 2. The van der Waals surface area contributed by atoms with E-state index in [0.29, 0.717) is 5.52 Å². The van der Waals surface area contributed by atoms with Gasteiger partial charge >= 0.3 is 5.97 Å². The van der Waals surface area contributed by atoms with Crippen LogP contribution in [0.2, 0.25) is 0 Å². The van der Waals surface area contributed by atoms with Crippen molar-refractivity contribution in [1.82, 2.24) is 10.2 Å². The predicted molar refractivity (Wildman–Crippen MR) is 91.3 cm³/mol. The van der Waals surface area contributed by atoms with Gasteiger partial charge < -0.3 is 5.11 Å². The van der Waals surface area contributed by atoms with Gasteiger partial charge in [-0.1, -0.05) is 17.7 Å². The molecule has 0 saturated heterocycles. The van der Waals surface area contributed by atoms with Crippen LogP contribution in [0, 0.1) is 6.92 Å². The molecule has 0 atom stereocenters. The molecule has 0 aliphatic rings. The molecule has 0 unspecified atom stereocenters. The molecule has 0 radical (unpaired) electrons. The van der Waals surface area contributed by atoms with Crippen LogP contribution in [0.25, 0.3) is 10.9 Å². The Kier molecular flexibility index (Phi) is 4.01. The maximum Gasteiger partial charge on any atom is 0.360 e. The monoisotopic (exact) mass is 359 g/mol. The summed E-state index contributed by atoms with van der Waals surface area (Å²) in [6.07, 6.45) is 0. The van der Waals surface area contributed by atoms with Crippen LogP contribution in [0.15, 0.2) is 52.2 Å². The topological polar surface area (TPSA) is 129 Å². The van der Waals surface area contributed by atoms with Crippen LogP contribution in [0.5, 0.6) is 0 Å². The van der Waals surface area contributed by atoms with Crippen LogP contribution < -0.4 is 10.2 Å². The lowest BCUT2D eigenvalue weighted by Gasteiger charge is -2.09. The first-order valence-electron chi connectivity index (χ1n) is 7.13. The molecule has 3 rings (SSSR count). The number of aryl methyl sites for hydroxylation is 1. The third-order valence-corrected chi connectivity index (χ3v) is 4.95. The summed E-state index contributed by atoms with van der Waals surface area (Å²) < 4.78 is 27.2. The van der Waals surface area contributed by atoms with Gasteiger partial charge in [-0.25, -0.2) is 13.2 Å². The van der Waals surface area contributed by atoms with E-state index in [4.69, 9.17) is 5.11 Å². The highest BCUT2D eigenvalue weighted by atomic mass is 32.2. The van der Waals surface area contributed by atoms with Crippen molar-refractivity contribution in [2.45, 2.75) is 11.8 Å². The zero-order valence-electron chi connectivity index (χ0n) is 13.0. The minimum atomic E-state index is -3.83. The molecule has 1 heterocycles. The summed E-state index contributed by atoms with van der Waals surface area (Å²) in [6, 6.07) is 10.5. The average molecular weight is 359 g/mol. The normalized spacial score (nSPS) is 11.4. The number of aromatic carboxylic acids is 1. The highest BCUT2D eigenvalue weighted by Crippen LogP contribution is 2.19. The van der Waals surface area contributed by atoms with E-state index in [1.165, 1.54) is 30.3 Å². The number of anilines is 1. The summed E-state index contributed by atoms with van der Waals surface area (Å²) in [5.74, 6) is -1.46. The third kappa shape index (κ3) is 3.22. The largest absolute Gasteiger partial charge is 0.476 e. The number of sulfonamides is 1. The van der Waals surface area contributed by atoms with E-state index in [-0.39, 0.29) is 16.0 Å². The minimum absolute atomic E-state index is 0.0245. The van der Waals surface area contributed by atoms with Crippen molar-refractivity contribution in [3.8, 4) is 0 Å². The molecule has 0 spiro atoms. The highest BCUT2D eigenvalue weighted by Gasteiger charge is 2.17. The smallest absolute Gasteiger partial charge is 0.360 e. The van der Waals surface area contributed by atoms with Crippen LogP contribution in [-0.2, 0) is 10.0 Å². The number of nitrogens with zero attached hydrogens (tertiary/aromatic N) is 1. The van der Waals surface area contributed by atoms with Crippen molar-refractivity contribution < 1.29 is 18.3 Å². The van der Waals surface area contributed by atoms with E-state index in [2.05, 4.69) is 14.9 Å². The lowest BCUT2D eigenvalue weighted by Crippen LogP contribution is -2.19. The number of H-pyrrole nitrogens is 1. The molecule has 3 N–H and O–H groups in total. The van der Waals surface area contributed by atoms with Gasteiger partial charge in [-0.2, -0.15) is 5.10 Å². The molecule has 0 fully saturated rings. The number of aromatic nitrogens is 2. The van der Waals surface area contributed by atoms with Crippen LogP contribution >= 0.6 is 0 Å². The molecular weight excluding hydrogens is 346 g/mol. The number of hydrogen-bond acceptors (Lipinski definition) is 5. The molecule has 0 amide bonds. The number of carboxylic acid groups (broad SMARTS) is 1. The Labute approximate surface area is 142 Å².